The molecule has 0 unspecified atom stereocenters. The van der Waals surface area contributed by atoms with Crippen molar-refractivity contribution >= 4 is 6.29 Å². The molecule has 17 heavy (non-hydrogen) atoms. The summed E-state index contributed by atoms with van der Waals surface area (Å²) < 4.78 is 0. The average Bonchev–Trinajstić information content (AvgIpc) is 2.78. The highest BCUT2D eigenvalue weighted by atomic mass is 16.1. The SMILES string of the molecule is CC(C)Cc1ccc(-c2cc(C=O)[nH]n2)cc1. The second kappa shape index (κ2) is 4.95. The van der Waals surface area contributed by atoms with Crippen molar-refractivity contribution in [2.75, 3.05) is 0 Å². The van der Waals surface area contributed by atoms with Gasteiger partial charge >= 0.3 is 0 Å². The number of carbonyl (C=O) groups is 1. The molecule has 0 atom stereocenters. The summed E-state index contributed by atoms with van der Waals surface area (Å²) >= 11 is 0. The fourth-order valence-electron chi connectivity index (χ4n) is 1.83. The number of nitrogens with zero attached hydrogens (tertiary/aromatic N) is 1. The van der Waals surface area contributed by atoms with Gasteiger partial charge in [0.2, 0.25) is 0 Å². The van der Waals surface area contributed by atoms with Crippen molar-refractivity contribution in [1.82, 2.24) is 10.2 Å². The first-order valence-corrected chi connectivity index (χ1v) is 5.79. The summed E-state index contributed by atoms with van der Waals surface area (Å²) in [4.78, 5) is 10.6. The Kier molecular flexibility index (Phi) is 3.38. The van der Waals surface area contributed by atoms with E-state index in [1.807, 2.05) is 12.1 Å². The van der Waals surface area contributed by atoms with Crippen molar-refractivity contribution < 1.29 is 4.79 Å². The lowest BCUT2D eigenvalue weighted by atomic mass is 10.0. The van der Waals surface area contributed by atoms with Gasteiger partial charge in [-0.1, -0.05) is 38.1 Å². The highest BCUT2D eigenvalue weighted by Crippen LogP contribution is 2.19. The number of aromatic amines is 1. The van der Waals surface area contributed by atoms with Crippen LogP contribution in [0.2, 0.25) is 0 Å². The van der Waals surface area contributed by atoms with Gasteiger partial charge in [0.25, 0.3) is 0 Å². The smallest absolute Gasteiger partial charge is 0.167 e. The molecule has 2 rings (SSSR count). The third-order valence-electron chi connectivity index (χ3n) is 2.62. The monoisotopic (exact) mass is 228 g/mol. The maximum Gasteiger partial charge on any atom is 0.167 e. The predicted octanol–water partition coefficient (Wildman–Crippen LogP) is 3.09. The van der Waals surface area contributed by atoms with E-state index in [0.717, 1.165) is 24.0 Å². The van der Waals surface area contributed by atoms with E-state index in [2.05, 4.69) is 36.2 Å². The minimum Gasteiger partial charge on any atom is -0.296 e. The summed E-state index contributed by atoms with van der Waals surface area (Å²) in [5, 5.41) is 6.77. The van der Waals surface area contributed by atoms with Crippen molar-refractivity contribution in [1.29, 1.82) is 0 Å². The molecule has 0 aliphatic rings. The summed E-state index contributed by atoms with van der Waals surface area (Å²) in [6, 6.07) is 10.1. The van der Waals surface area contributed by atoms with E-state index < -0.39 is 0 Å². The van der Waals surface area contributed by atoms with Crippen LogP contribution in [0.4, 0.5) is 0 Å². The Morgan fingerprint density at radius 2 is 2.00 bits per heavy atom. The van der Waals surface area contributed by atoms with Gasteiger partial charge in [-0.2, -0.15) is 5.10 Å². The predicted molar refractivity (Wildman–Crippen MR) is 68.0 cm³/mol. The maximum atomic E-state index is 10.6. The first-order valence-electron chi connectivity index (χ1n) is 5.79. The van der Waals surface area contributed by atoms with Crippen LogP contribution < -0.4 is 0 Å². The zero-order valence-electron chi connectivity index (χ0n) is 10.1. The van der Waals surface area contributed by atoms with Gasteiger partial charge in [-0.05, 0) is 24.0 Å². The molecule has 0 saturated carbocycles. The molecule has 88 valence electrons. The van der Waals surface area contributed by atoms with Crippen LogP contribution in [0, 0.1) is 5.92 Å². The van der Waals surface area contributed by atoms with Gasteiger partial charge in [-0.3, -0.25) is 9.89 Å². The molecule has 3 nitrogen and oxygen atoms in total. The van der Waals surface area contributed by atoms with E-state index in [1.165, 1.54) is 5.56 Å². The molecule has 0 aliphatic carbocycles. The lowest BCUT2D eigenvalue weighted by Crippen LogP contribution is -1.93. The van der Waals surface area contributed by atoms with Gasteiger partial charge in [0, 0.05) is 5.56 Å². The van der Waals surface area contributed by atoms with Gasteiger partial charge in [-0.25, -0.2) is 0 Å². The summed E-state index contributed by atoms with van der Waals surface area (Å²) in [5.74, 6) is 0.660. The molecule has 0 bridgehead atoms. The fraction of sp³-hybridized carbons (Fsp3) is 0.286. The molecule has 2 aromatic rings. The summed E-state index contributed by atoms with van der Waals surface area (Å²) in [5.41, 5.74) is 3.67. The Bertz CT molecular complexity index is 497. The molecule has 0 amide bonds. The maximum absolute atomic E-state index is 10.6. The van der Waals surface area contributed by atoms with Crippen molar-refractivity contribution in [3.8, 4) is 11.3 Å². The van der Waals surface area contributed by atoms with Gasteiger partial charge in [0.1, 0.15) is 0 Å². The number of hydrogen-bond donors (Lipinski definition) is 1. The first-order chi connectivity index (χ1) is 8.19. The van der Waals surface area contributed by atoms with E-state index in [9.17, 15) is 4.79 Å². The standard InChI is InChI=1S/C14H16N2O/c1-10(2)7-11-3-5-12(6-4-11)14-8-13(9-17)15-16-14/h3-6,8-10H,7H2,1-2H3,(H,15,16). The highest BCUT2D eigenvalue weighted by molar-refractivity contribution is 5.75. The van der Waals surface area contributed by atoms with Crippen LogP contribution in [0.15, 0.2) is 30.3 Å². The quantitative estimate of drug-likeness (QED) is 0.817. The van der Waals surface area contributed by atoms with E-state index in [-0.39, 0.29) is 0 Å². The number of rotatable bonds is 4. The zero-order chi connectivity index (χ0) is 12.3. The van der Waals surface area contributed by atoms with E-state index in [4.69, 9.17) is 0 Å². The van der Waals surface area contributed by atoms with E-state index >= 15 is 0 Å². The van der Waals surface area contributed by atoms with Crippen LogP contribution in [-0.2, 0) is 6.42 Å². The third-order valence-corrected chi connectivity index (χ3v) is 2.62. The number of nitrogens with one attached hydrogen (secondary N) is 1. The summed E-state index contributed by atoms with van der Waals surface area (Å²) in [7, 11) is 0. The molecule has 1 heterocycles. The normalized spacial score (nSPS) is 10.8. The molecular weight excluding hydrogens is 212 g/mol. The van der Waals surface area contributed by atoms with Crippen molar-refractivity contribution in [2.45, 2.75) is 20.3 Å². The molecule has 1 aromatic carbocycles. The fourth-order valence-corrected chi connectivity index (χ4v) is 1.83. The van der Waals surface area contributed by atoms with Crippen LogP contribution in [0.1, 0.15) is 29.9 Å². The van der Waals surface area contributed by atoms with E-state index in [0.29, 0.717) is 11.6 Å². The number of benzene rings is 1. The first kappa shape index (κ1) is 11.6. The van der Waals surface area contributed by atoms with Crippen molar-refractivity contribution in [2.24, 2.45) is 5.92 Å². The minimum atomic E-state index is 0.506. The molecule has 1 N–H and O–H groups in total. The third kappa shape index (κ3) is 2.81. The Labute approximate surface area is 101 Å². The highest BCUT2D eigenvalue weighted by Gasteiger charge is 2.04. The molecule has 0 spiro atoms. The minimum absolute atomic E-state index is 0.506. The van der Waals surface area contributed by atoms with Crippen molar-refractivity contribution in [3.63, 3.8) is 0 Å². The van der Waals surface area contributed by atoms with E-state index in [1.54, 1.807) is 6.07 Å². The number of hydrogen-bond acceptors (Lipinski definition) is 2. The van der Waals surface area contributed by atoms with Gasteiger partial charge in [0.15, 0.2) is 6.29 Å². The lowest BCUT2D eigenvalue weighted by molar-refractivity contribution is 0.111. The average molecular weight is 228 g/mol. The summed E-state index contributed by atoms with van der Waals surface area (Å²) in [6.07, 6.45) is 1.85. The molecule has 3 heteroatoms. The van der Waals surface area contributed by atoms with Crippen LogP contribution in [0.25, 0.3) is 11.3 Å². The number of H-pyrrole nitrogens is 1. The summed E-state index contributed by atoms with van der Waals surface area (Å²) in [6.45, 7) is 4.41. The Hall–Kier alpha value is -1.90. The lowest BCUT2D eigenvalue weighted by Gasteiger charge is -2.05. The molecular formula is C14H16N2O. The van der Waals surface area contributed by atoms with Crippen LogP contribution >= 0.6 is 0 Å². The molecule has 0 radical (unpaired) electrons. The second-order valence-corrected chi connectivity index (χ2v) is 4.62. The van der Waals surface area contributed by atoms with Crippen LogP contribution in [0.3, 0.4) is 0 Å². The molecule has 0 aliphatic heterocycles. The Balaban J connectivity index is 2.19. The van der Waals surface area contributed by atoms with Gasteiger partial charge < -0.3 is 0 Å². The molecule has 0 fully saturated rings. The Morgan fingerprint density at radius 1 is 1.29 bits per heavy atom. The molecule has 1 aromatic heterocycles. The second-order valence-electron chi connectivity index (χ2n) is 4.62. The Morgan fingerprint density at radius 3 is 2.53 bits per heavy atom. The van der Waals surface area contributed by atoms with Gasteiger partial charge in [0.05, 0.1) is 11.4 Å². The largest absolute Gasteiger partial charge is 0.296 e. The number of aromatic nitrogens is 2. The topological polar surface area (TPSA) is 45.8 Å². The van der Waals surface area contributed by atoms with Crippen molar-refractivity contribution in [3.05, 3.63) is 41.6 Å². The number of carbonyl (C=O) groups excluding carboxylic acids is 1. The molecule has 0 saturated heterocycles. The van der Waals surface area contributed by atoms with Crippen LogP contribution in [0.5, 0.6) is 0 Å². The number of aldehydes is 1. The zero-order valence-corrected chi connectivity index (χ0v) is 10.1. The van der Waals surface area contributed by atoms with Gasteiger partial charge in [-0.15, -0.1) is 0 Å². The van der Waals surface area contributed by atoms with Crippen LogP contribution in [-0.4, -0.2) is 16.5 Å².